The van der Waals surface area contributed by atoms with Crippen molar-refractivity contribution >= 4 is 11.7 Å². The van der Waals surface area contributed by atoms with Crippen LogP contribution >= 0.6 is 0 Å². The standard InChI is InChI=1S/C20H19N3O2/c1-22-14-17(13-21-22)19(24)20(25)23(2)18(15-9-5-3-6-10-15)16-11-7-4-8-12-16/h3-14,18H,1-2H3. The molecule has 0 aliphatic rings. The van der Waals surface area contributed by atoms with E-state index >= 15 is 0 Å². The molecule has 5 nitrogen and oxygen atoms in total. The van der Waals surface area contributed by atoms with E-state index in [1.807, 2.05) is 60.7 Å². The van der Waals surface area contributed by atoms with Crippen LogP contribution in [0.5, 0.6) is 0 Å². The number of rotatable bonds is 5. The molecule has 25 heavy (non-hydrogen) atoms. The van der Waals surface area contributed by atoms with Crippen molar-refractivity contribution < 1.29 is 9.59 Å². The van der Waals surface area contributed by atoms with Gasteiger partial charge in [-0.15, -0.1) is 0 Å². The lowest BCUT2D eigenvalue weighted by atomic mass is 9.97. The monoisotopic (exact) mass is 333 g/mol. The van der Waals surface area contributed by atoms with Crippen molar-refractivity contribution in [3.05, 3.63) is 89.7 Å². The van der Waals surface area contributed by atoms with Crippen LogP contribution in [0.1, 0.15) is 27.5 Å². The highest BCUT2D eigenvalue weighted by molar-refractivity contribution is 6.42. The Bertz CT molecular complexity index is 833. The Balaban J connectivity index is 1.95. The Morgan fingerprint density at radius 2 is 1.48 bits per heavy atom. The number of benzene rings is 2. The normalized spacial score (nSPS) is 10.7. The Morgan fingerprint density at radius 3 is 1.92 bits per heavy atom. The fourth-order valence-electron chi connectivity index (χ4n) is 2.85. The molecule has 0 aliphatic carbocycles. The summed E-state index contributed by atoms with van der Waals surface area (Å²) in [5, 5.41) is 3.97. The van der Waals surface area contributed by atoms with E-state index < -0.39 is 11.7 Å². The average molecular weight is 333 g/mol. The first-order valence-electron chi connectivity index (χ1n) is 7.98. The van der Waals surface area contributed by atoms with Crippen molar-refractivity contribution in [3.63, 3.8) is 0 Å². The molecule has 0 bridgehead atoms. The average Bonchev–Trinajstić information content (AvgIpc) is 3.09. The highest BCUT2D eigenvalue weighted by Gasteiger charge is 2.29. The third-order valence-corrected chi connectivity index (χ3v) is 4.10. The number of likely N-dealkylation sites (N-methyl/N-ethyl adjacent to an activating group) is 1. The number of aryl methyl sites for hydroxylation is 1. The predicted octanol–water partition coefficient (Wildman–Crippen LogP) is 2.85. The van der Waals surface area contributed by atoms with E-state index in [2.05, 4.69) is 5.10 Å². The lowest BCUT2D eigenvalue weighted by Gasteiger charge is -2.28. The minimum atomic E-state index is -0.564. The number of Topliss-reactive ketones (excluding diaryl/α,β-unsaturated/α-hetero) is 1. The molecular formula is C20H19N3O2. The number of ketones is 1. The molecule has 1 heterocycles. The zero-order valence-corrected chi connectivity index (χ0v) is 14.2. The number of nitrogens with zero attached hydrogens (tertiary/aromatic N) is 3. The van der Waals surface area contributed by atoms with Gasteiger partial charge in [0.25, 0.3) is 11.7 Å². The van der Waals surface area contributed by atoms with Gasteiger partial charge in [0, 0.05) is 20.3 Å². The van der Waals surface area contributed by atoms with Gasteiger partial charge in [-0.05, 0) is 11.1 Å². The number of hydrogen-bond donors (Lipinski definition) is 0. The molecule has 0 atom stereocenters. The zero-order valence-electron chi connectivity index (χ0n) is 14.2. The van der Waals surface area contributed by atoms with Gasteiger partial charge in [-0.3, -0.25) is 14.3 Å². The molecule has 0 fully saturated rings. The molecule has 2 aromatic carbocycles. The van der Waals surface area contributed by atoms with Gasteiger partial charge >= 0.3 is 0 Å². The Kier molecular flexibility index (Phi) is 4.75. The van der Waals surface area contributed by atoms with Crippen LogP contribution in [0.2, 0.25) is 0 Å². The fraction of sp³-hybridized carbons (Fsp3) is 0.150. The lowest BCUT2D eigenvalue weighted by Crippen LogP contribution is -2.37. The maximum absolute atomic E-state index is 12.8. The summed E-state index contributed by atoms with van der Waals surface area (Å²) in [6.45, 7) is 0. The summed E-state index contributed by atoms with van der Waals surface area (Å²) in [5.41, 5.74) is 2.19. The van der Waals surface area contributed by atoms with Crippen LogP contribution in [0, 0.1) is 0 Å². The van der Waals surface area contributed by atoms with E-state index in [1.54, 1.807) is 20.3 Å². The molecule has 3 aromatic rings. The van der Waals surface area contributed by atoms with Gasteiger partial charge < -0.3 is 4.90 Å². The van der Waals surface area contributed by atoms with E-state index in [1.165, 1.54) is 15.8 Å². The Labute approximate surface area is 146 Å². The molecular weight excluding hydrogens is 314 g/mol. The summed E-state index contributed by atoms with van der Waals surface area (Å²) in [7, 11) is 3.36. The van der Waals surface area contributed by atoms with Gasteiger partial charge in [-0.25, -0.2) is 0 Å². The van der Waals surface area contributed by atoms with Crippen molar-refractivity contribution in [2.24, 2.45) is 7.05 Å². The Hall–Kier alpha value is -3.21. The number of aromatic nitrogens is 2. The number of amides is 1. The first-order valence-corrected chi connectivity index (χ1v) is 7.98. The molecule has 0 saturated carbocycles. The van der Waals surface area contributed by atoms with Gasteiger partial charge in [0.1, 0.15) is 0 Å². The molecule has 5 heteroatoms. The molecule has 126 valence electrons. The summed E-state index contributed by atoms with van der Waals surface area (Å²) >= 11 is 0. The van der Waals surface area contributed by atoms with Gasteiger partial charge in [-0.2, -0.15) is 5.10 Å². The summed E-state index contributed by atoms with van der Waals surface area (Å²) in [6.07, 6.45) is 2.96. The largest absolute Gasteiger partial charge is 0.328 e. The predicted molar refractivity (Wildman–Crippen MR) is 95.0 cm³/mol. The van der Waals surface area contributed by atoms with E-state index in [4.69, 9.17) is 0 Å². The summed E-state index contributed by atoms with van der Waals surface area (Å²) in [4.78, 5) is 26.8. The quantitative estimate of drug-likeness (QED) is 0.533. The molecule has 1 aromatic heterocycles. The first kappa shape index (κ1) is 16.6. The van der Waals surface area contributed by atoms with Gasteiger partial charge in [0.05, 0.1) is 17.8 Å². The van der Waals surface area contributed by atoms with Crippen LogP contribution in [0.15, 0.2) is 73.1 Å². The molecule has 0 N–H and O–H groups in total. The van der Waals surface area contributed by atoms with E-state index in [0.717, 1.165) is 11.1 Å². The van der Waals surface area contributed by atoms with Crippen molar-refractivity contribution in [3.8, 4) is 0 Å². The third-order valence-electron chi connectivity index (χ3n) is 4.10. The van der Waals surface area contributed by atoms with Crippen LogP contribution in [0.3, 0.4) is 0 Å². The van der Waals surface area contributed by atoms with Crippen LogP contribution in [-0.4, -0.2) is 33.4 Å². The topological polar surface area (TPSA) is 55.2 Å². The van der Waals surface area contributed by atoms with Crippen molar-refractivity contribution in [2.45, 2.75) is 6.04 Å². The molecule has 0 unspecified atom stereocenters. The maximum atomic E-state index is 12.8. The van der Waals surface area contributed by atoms with Crippen molar-refractivity contribution in [1.29, 1.82) is 0 Å². The van der Waals surface area contributed by atoms with E-state index in [9.17, 15) is 9.59 Å². The smallest absolute Gasteiger partial charge is 0.295 e. The van der Waals surface area contributed by atoms with E-state index in [-0.39, 0.29) is 6.04 Å². The van der Waals surface area contributed by atoms with Crippen LogP contribution in [-0.2, 0) is 11.8 Å². The molecule has 0 saturated heterocycles. The zero-order chi connectivity index (χ0) is 17.8. The molecule has 3 rings (SSSR count). The number of carbonyl (C=O) groups excluding carboxylic acids is 2. The minimum absolute atomic E-state index is 0.291. The highest BCUT2D eigenvalue weighted by atomic mass is 16.2. The third kappa shape index (κ3) is 3.50. The maximum Gasteiger partial charge on any atom is 0.295 e. The molecule has 1 amide bonds. The molecule has 0 spiro atoms. The van der Waals surface area contributed by atoms with Crippen molar-refractivity contribution in [2.75, 3.05) is 7.05 Å². The summed E-state index contributed by atoms with van der Waals surface area (Å²) in [6, 6.07) is 19.0. The number of hydrogen-bond acceptors (Lipinski definition) is 3. The Morgan fingerprint density at radius 1 is 0.960 bits per heavy atom. The SMILES string of the molecule is CN(C(=O)C(=O)c1cnn(C)c1)C(c1ccccc1)c1ccccc1. The van der Waals surface area contributed by atoms with Crippen LogP contribution in [0.4, 0.5) is 0 Å². The van der Waals surface area contributed by atoms with Crippen LogP contribution < -0.4 is 0 Å². The highest BCUT2D eigenvalue weighted by Crippen LogP contribution is 2.28. The second-order valence-electron chi connectivity index (χ2n) is 5.87. The van der Waals surface area contributed by atoms with Crippen molar-refractivity contribution in [1.82, 2.24) is 14.7 Å². The second-order valence-corrected chi connectivity index (χ2v) is 5.87. The van der Waals surface area contributed by atoms with Crippen LogP contribution in [0.25, 0.3) is 0 Å². The van der Waals surface area contributed by atoms with Gasteiger partial charge in [-0.1, -0.05) is 60.7 Å². The summed E-state index contributed by atoms with van der Waals surface area (Å²) < 4.78 is 1.51. The first-order chi connectivity index (χ1) is 12.1. The molecule has 0 radical (unpaired) electrons. The van der Waals surface area contributed by atoms with E-state index in [0.29, 0.717) is 5.56 Å². The minimum Gasteiger partial charge on any atom is -0.328 e. The summed E-state index contributed by atoms with van der Waals surface area (Å²) in [5.74, 6) is -1.13. The second kappa shape index (κ2) is 7.13. The lowest BCUT2D eigenvalue weighted by molar-refractivity contribution is -0.126. The number of carbonyl (C=O) groups is 2. The van der Waals surface area contributed by atoms with Gasteiger partial charge in [0.15, 0.2) is 0 Å². The molecule has 0 aliphatic heterocycles. The van der Waals surface area contributed by atoms with Gasteiger partial charge in [0.2, 0.25) is 0 Å². The fourth-order valence-corrected chi connectivity index (χ4v) is 2.85.